The van der Waals surface area contributed by atoms with Crippen molar-refractivity contribution in [2.45, 2.75) is 62.7 Å². The number of phenolic OH excluding ortho intramolecular Hbond substituents is 1. The van der Waals surface area contributed by atoms with Crippen molar-refractivity contribution in [3.63, 3.8) is 0 Å². The molecular formula is C23H24F4N6O2. The van der Waals surface area contributed by atoms with Gasteiger partial charge in [0.25, 0.3) is 5.56 Å². The highest BCUT2D eigenvalue weighted by molar-refractivity contribution is 5.86. The summed E-state index contributed by atoms with van der Waals surface area (Å²) >= 11 is 0. The maximum absolute atomic E-state index is 15.1. The number of hydrogen-bond donors (Lipinski definition) is 2. The number of rotatable bonds is 4. The van der Waals surface area contributed by atoms with Crippen LogP contribution in [0.15, 0.2) is 35.6 Å². The molecule has 186 valence electrons. The van der Waals surface area contributed by atoms with Crippen molar-refractivity contribution in [3.05, 3.63) is 41.2 Å². The zero-order valence-corrected chi connectivity index (χ0v) is 18.8. The van der Waals surface area contributed by atoms with Crippen LogP contribution in [0.25, 0.3) is 22.2 Å². The van der Waals surface area contributed by atoms with Crippen molar-refractivity contribution in [3.8, 4) is 17.0 Å². The van der Waals surface area contributed by atoms with Gasteiger partial charge in [0, 0.05) is 24.7 Å². The van der Waals surface area contributed by atoms with Crippen LogP contribution in [-0.4, -0.2) is 62.1 Å². The van der Waals surface area contributed by atoms with Crippen LogP contribution in [0.2, 0.25) is 0 Å². The molecule has 3 aromatic rings. The standard InChI is InChI=1S/C23H24F4N6O2/c1-32(18-5-12-3-2-4-15(31-12)21(18)24)20-9-28-17(8-29-20)13-6-16-14(7-19(13)34)22(35)33(11-30-16)10-23(25,26)27/h6-9,11-12,15,18,21,31,34H,2-5,10H2,1H3/t12-,15+,18-,21+/m1/s1. The summed E-state index contributed by atoms with van der Waals surface area (Å²) in [5.41, 5.74) is -0.295. The SMILES string of the molecule is CN(c1cnc(-c2cc3ncn(CC(F)(F)F)c(=O)c3cc2O)cn1)[C@@H]1C[C@H]2CCC[C@H](N2)[C@@H]1F. The summed E-state index contributed by atoms with van der Waals surface area (Å²) in [6.45, 7) is -1.48. The van der Waals surface area contributed by atoms with E-state index in [4.69, 9.17) is 0 Å². The minimum atomic E-state index is -4.58. The summed E-state index contributed by atoms with van der Waals surface area (Å²) in [4.78, 5) is 26.9. The van der Waals surface area contributed by atoms with E-state index in [9.17, 15) is 23.1 Å². The molecule has 2 N–H and O–H groups in total. The van der Waals surface area contributed by atoms with Gasteiger partial charge in [-0.3, -0.25) is 14.3 Å². The van der Waals surface area contributed by atoms with Gasteiger partial charge in [-0.05, 0) is 31.4 Å². The molecule has 0 unspecified atom stereocenters. The Morgan fingerprint density at radius 3 is 2.71 bits per heavy atom. The lowest BCUT2D eigenvalue weighted by atomic mass is 9.82. The fraction of sp³-hybridized carbons (Fsp3) is 0.478. The predicted octanol–water partition coefficient (Wildman–Crippen LogP) is 3.18. The molecule has 0 amide bonds. The third-order valence-electron chi connectivity index (χ3n) is 6.86. The molecule has 0 spiro atoms. The van der Waals surface area contributed by atoms with E-state index in [1.807, 2.05) is 0 Å². The van der Waals surface area contributed by atoms with Gasteiger partial charge in [-0.15, -0.1) is 0 Å². The molecule has 0 aliphatic carbocycles. The van der Waals surface area contributed by atoms with Crippen molar-refractivity contribution in [2.24, 2.45) is 0 Å². The zero-order chi connectivity index (χ0) is 24.9. The van der Waals surface area contributed by atoms with Crippen molar-refractivity contribution >= 4 is 16.7 Å². The second-order valence-corrected chi connectivity index (χ2v) is 9.20. The number of benzene rings is 1. The Labute approximate surface area is 197 Å². The number of aromatic hydroxyl groups is 1. The first-order valence-electron chi connectivity index (χ1n) is 11.3. The van der Waals surface area contributed by atoms with Crippen LogP contribution in [0.5, 0.6) is 5.75 Å². The fourth-order valence-electron chi connectivity index (χ4n) is 5.07. The van der Waals surface area contributed by atoms with Crippen LogP contribution in [0.4, 0.5) is 23.4 Å². The average molecular weight is 492 g/mol. The van der Waals surface area contributed by atoms with Crippen molar-refractivity contribution in [1.29, 1.82) is 0 Å². The van der Waals surface area contributed by atoms with Gasteiger partial charge in [0.05, 0.1) is 41.4 Å². The van der Waals surface area contributed by atoms with Crippen LogP contribution >= 0.6 is 0 Å². The van der Waals surface area contributed by atoms with E-state index in [1.54, 1.807) is 11.9 Å². The number of piperidine rings is 2. The van der Waals surface area contributed by atoms with Crippen LogP contribution < -0.4 is 15.8 Å². The van der Waals surface area contributed by atoms with Crippen LogP contribution in [-0.2, 0) is 6.54 Å². The zero-order valence-electron chi connectivity index (χ0n) is 18.8. The smallest absolute Gasteiger partial charge is 0.406 e. The Balaban J connectivity index is 1.41. The molecule has 8 nitrogen and oxygen atoms in total. The van der Waals surface area contributed by atoms with Crippen molar-refractivity contribution < 1.29 is 22.7 Å². The number of halogens is 4. The Hall–Kier alpha value is -3.28. The van der Waals surface area contributed by atoms with Gasteiger partial charge in [0.1, 0.15) is 24.3 Å². The van der Waals surface area contributed by atoms with Crippen LogP contribution in [0.1, 0.15) is 25.7 Å². The molecule has 0 radical (unpaired) electrons. The van der Waals surface area contributed by atoms with Gasteiger partial charge in [-0.2, -0.15) is 13.2 Å². The van der Waals surface area contributed by atoms with Gasteiger partial charge in [0.15, 0.2) is 0 Å². The number of nitrogens with one attached hydrogen (secondary N) is 1. The van der Waals surface area contributed by atoms with E-state index in [0.29, 0.717) is 16.8 Å². The predicted molar refractivity (Wildman–Crippen MR) is 121 cm³/mol. The number of hydrogen-bond acceptors (Lipinski definition) is 7. The molecule has 0 saturated carbocycles. The lowest BCUT2D eigenvalue weighted by Gasteiger charge is -2.46. The Morgan fingerprint density at radius 1 is 1.20 bits per heavy atom. The second kappa shape index (κ2) is 8.74. The van der Waals surface area contributed by atoms with E-state index in [-0.39, 0.29) is 46.0 Å². The van der Waals surface area contributed by atoms with Crippen molar-refractivity contribution in [2.75, 3.05) is 11.9 Å². The lowest BCUT2D eigenvalue weighted by molar-refractivity contribution is -0.141. The van der Waals surface area contributed by atoms with Gasteiger partial charge in [-0.25, -0.2) is 14.4 Å². The number of alkyl halides is 4. The van der Waals surface area contributed by atoms with Gasteiger partial charge >= 0.3 is 6.18 Å². The first-order chi connectivity index (χ1) is 16.6. The minimum absolute atomic E-state index is 0.116. The minimum Gasteiger partial charge on any atom is -0.507 e. The lowest BCUT2D eigenvalue weighted by Crippen LogP contribution is -2.61. The van der Waals surface area contributed by atoms with Gasteiger partial charge in [0.2, 0.25) is 0 Å². The third-order valence-corrected chi connectivity index (χ3v) is 6.86. The first-order valence-corrected chi connectivity index (χ1v) is 11.3. The summed E-state index contributed by atoms with van der Waals surface area (Å²) in [7, 11) is 1.78. The highest BCUT2D eigenvalue weighted by atomic mass is 19.4. The van der Waals surface area contributed by atoms with E-state index in [1.165, 1.54) is 18.5 Å². The summed E-state index contributed by atoms with van der Waals surface area (Å²) in [5, 5.41) is 13.7. The molecule has 1 aromatic carbocycles. The van der Waals surface area contributed by atoms with E-state index in [2.05, 4.69) is 20.3 Å². The van der Waals surface area contributed by atoms with Gasteiger partial charge in [-0.1, -0.05) is 6.42 Å². The number of fused-ring (bicyclic) bond motifs is 3. The topological polar surface area (TPSA) is 96.2 Å². The number of nitrogens with zero attached hydrogens (tertiary/aromatic N) is 5. The first kappa shape index (κ1) is 23.5. The summed E-state index contributed by atoms with van der Waals surface area (Å²) in [5.74, 6) is 0.140. The molecule has 2 aliphatic heterocycles. The Bertz CT molecular complexity index is 1300. The fourth-order valence-corrected chi connectivity index (χ4v) is 5.07. The second-order valence-electron chi connectivity index (χ2n) is 9.20. The molecule has 35 heavy (non-hydrogen) atoms. The monoisotopic (exact) mass is 492 g/mol. The molecule has 4 heterocycles. The molecule has 2 bridgehead atoms. The average Bonchev–Trinajstić information content (AvgIpc) is 2.82. The molecule has 2 saturated heterocycles. The third kappa shape index (κ3) is 4.54. The molecule has 4 atom stereocenters. The highest BCUT2D eigenvalue weighted by Crippen LogP contribution is 2.34. The number of phenols is 1. The number of anilines is 1. The van der Waals surface area contributed by atoms with E-state index < -0.39 is 24.5 Å². The molecule has 2 fully saturated rings. The van der Waals surface area contributed by atoms with E-state index in [0.717, 1.165) is 31.7 Å². The van der Waals surface area contributed by atoms with Crippen LogP contribution in [0, 0.1) is 0 Å². The Morgan fingerprint density at radius 2 is 2.00 bits per heavy atom. The molecular weight excluding hydrogens is 468 g/mol. The Kier molecular flexibility index (Phi) is 5.86. The van der Waals surface area contributed by atoms with E-state index >= 15 is 4.39 Å². The van der Waals surface area contributed by atoms with Crippen LogP contribution in [0.3, 0.4) is 0 Å². The normalized spacial score (nSPS) is 24.5. The quantitative estimate of drug-likeness (QED) is 0.540. The molecule has 2 aromatic heterocycles. The highest BCUT2D eigenvalue weighted by Gasteiger charge is 2.42. The summed E-state index contributed by atoms with van der Waals surface area (Å²) < 4.78 is 53.6. The largest absolute Gasteiger partial charge is 0.507 e. The van der Waals surface area contributed by atoms with Crippen molar-refractivity contribution in [1.82, 2.24) is 24.8 Å². The number of aromatic nitrogens is 4. The maximum atomic E-state index is 15.1. The summed E-state index contributed by atoms with van der Waals surface area (Å²) in [6.07, 6.45) is 1.64. The molecule has 2 aliphatic rings. The molecule has 12 heteroatoms. The summed E-state index contributed by atoms with van der Waals surface area (Å²) in [6, 6.07) is 2.25. The maximum Gasteiger partial charge on any atom is 0.406 e. The van der Waals surface area contributed by atoms with Gasteiger partial charge < -0.3 is 15.3 Å². The molecule has 5 rings (SSSR count).